The Morgan fingerprint density at radius 3 is 2.80 bits per heavy atom. The van der Waals surface area contributed by atoms with Gasteiger partial charge in [0.2, 0.25) is 0 Å². The summed E-state index contributed by atoms with van der Waals surface area (Å²) in [5, 5.41) is 0. The minimum atomic E-state index is -0.0892. The molecule has 1 fully saturated rings. The van der Waals surface area contributed by atoms with Crippen LogP contribution in [-0.2, 0) is 16.1 Å². The van der Waals surface area contributed by atoms with Gasteiger partial charge in [0.05, 0.1) is 18.8 Å². The Morgan fingerprint density at radius 2 is 2.13 bits per heavy atom. The zero-order chi connectivity index (χ0) is 10.6. The van der Waals surface area contributed by atoms with E-state index in [-0.39, 0.29) is 5.60 Å². The molecule has 1 aliphatic heterocycles. The molecule has 1 aromatic carbocycles. The molecule has 1 aromatic rings. The molecule has 2 nitrogen and oxygen atoms in total. The first kappa shape index (κ1) is 10.7. The van der Waals surface area contributed by atoms with Crippen LogP contribution in [-0.4, -0.2) is 18.8 Å². The van der Waals surface area contributed by atoms with Crippen molar-refractivity contribution in [3.63, 3.8) is 0 Å². The zero-order valence-electron chi connectivity index (χ0n) is 9.24. The summed E-state index contributed by atoms with van der Waals surface area (Å²) in [6.45, 7) is 4.42. The van der Waals surface area contributed by atoms with Gasteiger partial charge in [-0.2, -0.15) is 0 Å². The molecule has 0 aromatic heterocycles. The molecule has 0 aliphatic carbocycles. The summed E-state index contributed by atoms with van der Waals surface area (Å²) in [4.78, 5) is 0. The molecule has 2 heteroatoms. The normalized spacial score (nSPS) is 26.5. The molecule has 0 spiro atoms. The smallest absolute Gasteiger partial charge is 0.0892 e. The summed E-state index contributed by atoms with van der Waals surface area (Å²) in [6, 6.07) is 10.3. The van der Waals surface area contributed by atoms with Gasteiger partial charge in [-0.1, -0.05) is 30.3 Å². The van der Waals surface area contributed by atoms with E-state index in [1.54, 1.807) is 0 Å². The maximum absolute atomic E-state index is 5.93. The predicted octanol–water partition coefficient (Wildman–Crippen LogP) is 2.77. The summed E-state index contributed by atoms with van der Waals surface area (Å²) in [5.41, 5.74) is 1.14. The first-order chi connectivity index (χ1) is 7.29. The van der Waals surface area contributed by atoms with E-state index < -0.39 is 0 Å². The highest BCUT2D eigenvalue weighted by Gasteiger charge is 2.28. The van der Waals surface area contributed by atoms with E-state index in [1.807, 2.05) is 18.2 Å². The monoisotopic (exact) mass is 206 g/mol. The van der Waals surface area contributed by atoms with E-state index in [9.17, 15) is 0 Å². The van der Waals surface area contributed by atoms with E-state index in [4.69, 9.17) is 9.47 Å². The molecule has 2 rings (SSSR count). The SMILES string of the molecule is CC1(OCc2ccccc2)CCCOC1. The highest BCUT2D eigenvalue weighted by molar-refractivity contribution is 5.13. The topological polar surface area (TPSA) is 18.5 Å². The third-order valence-corrected chi connectivity index (χ3v) is 2.83. The average Bonchev–Trinajstić information content (AvgIpc) is 2.29. The summed E-state index contributed by atoms with van der Waals surface area (Å²) >= 11 is 0. The van der Waals surface area contributed by atoms with Crippen LogP contribution in [0.4, 0.5) is 0 Å². The van der Waals surface area contributed by atoms with Crippen molar-refractivity contribution < 1.29 is 9.47 Å². The summed E-state index contributed by atoms with van der Waals surface area (Å²) in [7, 11) is 0. The van der Waals surface area contributed by atoms with Gasteiger partial charge in [0.15, 0.2) is 0 Å². The van der Waals surface area contributed by atoms with E-state index in [0.717, 1.165) is 26.1 Å². The molecule has 0 N–H and O–H groups in total. The Hall–Kier alpha value is -0.860. The van der Waals surface area contributed by atoms with Crippen molar-refractivity contribution in [3.8, 4) is 0 Å². The van der Waals surface area contributed by atoms with Gasteiger partial charge in [-0.25, -0.2) is 0 Å². The molecule has 1 aliphatic rings. The van der Waals surface area contributed by atoms with Crippen LogP contribution >= 0.6 is 0 Å². The third kappa shape index (κ3) is 3.05. The Bertz CT molecular complexity index is 289. The number of ether oxygens (including phenoxy) is 2. The quantitative estimate of drug-likeness (QED) is 0.757. The lowest BCUT2D eigenvalue weighted by atomic mass is 9.99. The zero-order valence-corrected chi connectivity index (χ0v) is 9.24. The highest BCUT2D eigenvalue weighted by Crippen LogP contribution is 2.23. The Morgan fingerprint density at radius 1 is 1.33 bits per heavy atom. The van der Waals surface area contributed by atoms with Gasteiger partial charge < -0.3 is 9.47 Å². The molecular formula is C13H18O2. The van der Waals surface area contributed by atoms with Crippen LogP contribution in [0.25, 0.3) is 0 Å². The van der Waals surface area contributed by atoms with Crippen LogP contribution < -0.4 is 0 Å². The first-order valence-corrected chi connectivity index (χ1v) is 5.54. The van der Waals surface area contributed by atoms with Gasteiger partial charge in [-0.15, -0.1) is 0 Å². The highest BCUT2D eigenvalue weighted by atomic mass is 16.5. The van der Waals surface area contributed by atoms with Gasteiger partial charge >= 0.3 is 0 Å². The van der Waals surface area contributed by atoms with Crippen LogP contribution in [0.3, 0.4) is 0 Å². The average molecular weight is 206 g/mol. The molecule has 0 bridgehead atoms. The fourth-order valence-electron chi connectivity index (χ4n) is 1.85. The lowest BCUT2D eigenvalue weighted by molar-refractivity contribution is -0.125. The second-order valence-electron chi connectivity index (χ2n) is 4.38. The molecule has 1 heterocycles. The predicted molar refractivity (Wildman–Crippen MR) is 59.7 cm³/mol. The Labute approximate surface area is 91.2 Å². The van der Waals surface area contributed by atoms with Gasteiger partial charge in [-0.3, -0.25) is 0 Å². The number of hydrogen-bond donors (Lipinski definition) is 0. The van der Waals surface area contributed by atoms with E-state index in [0.29, 0.717) is 6.61 Å². The van der Waals surface area contributed by atoms with Crippen LogP contribution in [0.5, 0.6) is 0 Å². The molecule has 15 heavy (non-hydrogen) atoms. The van der Waals surface area contributed by atoms with Gasteiger partial charge in [0.1, 0.15) is 0 Å². The van der Waals surface area contributed by atoms with Crippen molar-refractivity contribution in [1.29, 1.82) is 0 Å². The molecule has 0 saturated carbocycles. The number of rotatable bonds is 3. The second-order valence-corrected chi connectivity index (χ2v) is 4.38. The minimum Gasteiger partial charge on any atom is -0.378 e. The van der Waals surface area contributed by atoms with E-state index in [2.05, 4.69) is 19.1 Å². The minimum absolute atomic E-state index is 0.0892. The summed E-state index contributed by atoms with van der Waals surface area (Å²) < 4.78 is 11.4. The van der Waals surface area contributed by atoms with Crippen molar-refractivity contribution >= 4 is 0 Å². The van der Waals surface area contributed by atoms with Crippen molar-refractivity contribution in [2.45, 2.75) is 32.0 Å². The molecule has 0 amide bonds. The second kappa shape index (κ2) is 4.77. The van der Waals surface area contributed by atoms with Crippen molar-refractivity contribution in [1.82, 2.24) is 0 Å². The lowest BCUT2D eigenvalue weighted by Crippen LogP contribution is -2.38. The molecule has 1 unspecified atom stereocenters. The maximum atomic E-state index is 5.93. The Balaban J connectivity index is 1.87. The van der Waals surface area contributed by atoms with Crippen molar-refractivity contribution in [2.75, 3.05) is 13.2 Å². The summed E-state index contributed by atoms with van der Waals surface area (Å²) in [6.07, 6.45) is 2.20. The molecule has 82 valence electrons. The van der Waals surface area contributed by atoms with E-state index >= 15 is 0 Å². The standard InChI is InChI=1S/C13H18O2/c1-13(8-5-9-14-11-13)15-10-12-6-3-2-4-7-12/h2-4,6-7H,5,8-11H2,1H3. The summed E-state index contributed by atoms with van der Waals surface area (Å²) in [5.74, 6) is 0. The van der Waals surface area contributed by atoms with E-state index in [1.165, 1.54) is 5.56 Å². The molecule has 0 radical (unpaired) electrons. The largest absolute Gasteiger partial charge is 0.378 e. The molecule has 1 atom stereocenters. The maximum Gasteiger partial charge on any atom is 0.0892 e. The van der Waals surface area contributed by atoms with Crippen LogP contribution in [0.2, 0.25) is 0 Å². The van der Waals surface area contributed by atoms with Crippen LogP contribution in [0, 0.1) is 0 Å². The Kier molecular flexibility index (Phi) is 3.39. The molecular weight excluding hydrogens is 188 g/mol. The van der Waals surface area contributed by atoms with Crippen LogP contribution in [0.1, 0.15) is 25.3 Å². The number of hydrogen-bond acceptors (Lipinski definition) is 2. The fourth-order valence-corrected chi connectivity index (χ4v) is 1.85. The lowest BCUT2D eigenvalue weighted by Gasteiger charge is -2.33. The first-order valence-electron chi connectivity index (χ1n) is 5.54. The third-order valence-electron chi connectivity index (χ3n) is 2.83. The van der Waals surface area contributed by atoms with Crippen molar-refractivity contribution in [3.05, 3.63) is 35.9 Å². The van der Waals surface area contributed by atoms with Gasteiger partial charge in [0, 0.05) is 6.61 Å². The van der Waals surface area contributed by atoms with Crippen molar-refractivity contribution in [2.24, 2.45) is 0 Å². The van der Waals surface area contributed by atoms with Gasteiger partial charge in [0.25, 0.3) is 0 Å². The number of benzene rings is 1. The van der Waals surface area contributed by atoms with Gasteiger partial charge in [-0.05, 0) is 25.3 Å². The molecule has 1 saturated heterocycles. The van der Waals surface area contributed by atoms with Crippen LogP contribution in [0.15, 0.2) is 30.3 Å². The fraction of sp³-hybridized carbons (Fsp3) is 0.538.